The number of aromatic nitrogens is 1. The standard InChI is InChI=1S/C16H15NO/c1-3-14(13-6-9-18-10-7-13)11-15(4-1)16-5-2-8-17-12-16/h1-6,8,11-12H,7,9-10H2. The topological polar surface area (TPSA) is 22.1 Å². The van der Waals surface area contributed by atoms with E-state index in [1.165, 1.54) is 16.7 Å². The molecule has 0 N–H and O–H groups in total. The first-order valence-electron chi connectivity index (χ1n) is 6.21. The summed E-state index contributed by atoms with van der Waals surface area (Å²) >= 11 is 0. The normalized spacial score (nSPS) is 15.2. The molecule has 0 saturated carbocycles. The largest absolute Gasteiger partial charge is 0.377 e. The molecule has 0 atom stereocenters. The van der Waals surface area contributed by atoms with E-state index in [1.807, 2.05) is 12.3 Å². The lowest BCUT2D eigenvalue weighted by atomic mass is 9.97. The van der Waals surface area contributed by atoms with Gasteiger partial charge in [0, 0.05) is 18.0 Å². The number of pyridine rings is 1. The van der Waals surface area contributed by atoms with E-state index in [0.717, 1.165) is 25.2 Å². The van der Waals surface area contributed by atoms with E-state index in [9.17, 15) is 0 Å². The summed E-state index contributed by atoms with van der Waals surface area (Å²) in [5.74, 6) is 0. The Kier molecular flexibility index (Phi) is 3.20. The maximum absolute atomic E-state index is 5.35. The van der Waals surface area contributed by atoms with Gasteiger partial charge in [0.1, 0.15) is 0 Å². The number of rotatable bonds is 2. The Labute approximate surface area is 107 Å². The van der Waals surface area contributed by atoms with Crippen molar-refractivity contribution in [1.82, 2.24) is 4.98 Å². The Morgan fingerprint density at radius 3 is 2.67 bits per heavy atom. The van der Waals surface area contributed by atoms with Crippen LogP contribution in [0.3, 0.4) is 0 Å². The zero-order valence-corrected chi connectivity index (χ0v) is 10.2. The molecule has 3 rings (SSSR count). The molecule has 0 spiro atoms. The number of hydrogen-bond donors (Lipinski definition) is 0. The van der Waals surface area contributed by atoms with Crippen LogP contribution >= 0.6 is 0 Å². The van der Waals surface area contributed by atoms with Crippen LogP contribution in [0.4, 0.5) is 0 Å². The van der Waals surface area contributed by atoms with Crippen molar-refractivity contribution in [2.24, 2.45) is 0 Å². The van der Waals surface area contributed by atoms with Crippen molar-refractivity contribution in [2.45, 2.75) is 6.42 Å². The number of ether oxygens (including phenoxy) is 1. The first kappa shape index (κ1) is 11.2. The molecule has 1 aromatic carbocycles. The molecule has 1 aliphatic rings. The average Bonchev–Trinajstić information content (AvgIpc) is 2.49. The average molecular weight is 237 g/mol. The van der Waals surface area contributed by atoms with Crippen LogP contribution in [0.15, 0.2) is 54.9 Å². The van der Waals surface area contributed by atoms with E-state index in [4.69, 9.17) is 4.74 Å². The van der Waals surface area contributed by atoms with Gasteiger partial charge in [-0.25, -0.2) is 0 Å². The summed E-state index contributed by atoms with van der Waals surface area (Å²) in [6.45, 7) is 1.55. The molecule has 0 unspecified atom stereocenters. The van der Waals surface area contributed by atoms with Crippen molar-refractivity contribution < 1.29 is 4.74 Å². The van der Waals surface area contributed by atoms with Gasteiger partial charge in [-0.15, -0.1) is 0 Å². The fourth-order valence-electron chi connectivity index (χ4n) is 2.22. The quantitative estimate of drug-likeness (QED) is 0.796. The van der Waals surface area contributed by atoms with E-state index in [1.54, 1.807) is 6.20 Å². The minimum atomic E-state index is 0.729. The van der Waals surface area contributed by atoms with E-state index in [-0.39, 0.29) is 0 Å². The van der Waals surface area contributed by atoms with Crippen LogP contribution in [0.25, 0.3) is 16.7 Å². The molecule has 18 heavy (non-hydrogen) atoms. The molecule has 1 aromatic heterocycles. The fraction of sp³-hybridized carbons (Fsp3) is 0.188. The second kappa shape index (κ2) is 5.15. The minimum Gasteiger partial charge on any atom is -0.377 e. The predicted molar refractivity (Wildman–Crippen MR) is 73.1 cm³/mol. The number of nitrogens with zero attached hydrogens (tertiary/aromatic N) is 1. The van der Waals surface area contributed by atoms with Crippen molar-refractivity contribution in [1.29, 1.82) is 0 Å². The Bertz CT molecular complexity index is 560. The van der Waals surface area contributed by atoms with Crippen molar-refractivity contribution in [3.63, 3.8) is 0 Å². The maximum atomic E-state index is 5.35. The lowest BCUT2D eigenvalue weighted by Gasteiger charge is -2.14. The van der Waals surface area contributed by atoms with Gasteiger partial charge in [0.2, 0.25) is 0 Å². The van der Waals surface area contributed by atoms with Crippen LogP contribution in [-0.4, -0.2) is 18.2 Å². The summed E-state index contributed by atoms with van der Waals surface area (Å²) in [7, 11) is 0. The van der Waals surface area contributed by atoms with Crippen LogP contribution in [-0.2, 0) is 4.74 Å². The van der Waals surface area contributed by atoms with E-state index >= 15 is 0 Å². The smallest absolute Gasteiger partial charge is 0.0653 e. The monoisotopic (exact) mass is 237 g/mol. The first-order chi connectivity index (χ1) is 8.93. The fourth-order valence-corrected chi connectivity index (χ4v) is 2.22. The summed E-state index contributed by atoms with van der Waals surface area (Å²) in [5, 5.41) is 0. The van der Waals surface area contributed by atoms with Crippen LogP contribution in [0, 0.1) is 0 Å². The maximum Gasteiger partial charge on any atom is 0.0653 e. The third-order valence-electron chi connectivity index (χ3n) is 3.19. The molecule has 0 radical (unpaired) electrons. The third kappa shape index (κ3) is 2.34. The lowest BCUT2D eigenvalue weighted by Crippen LogP contribution is -2.03. The molecular weight excluding hydrogens is 222 g/mol. The highest BCUT2D eigenvalue weighted by molar-refractivity contribution is 5.72. The molecule has 0 aliphatic carbocycles. The Balaban J connectivity index is 1.97. The highest BCUT2D eigenvalue weighted by Gasteiger charge is 2.07. The Morgan fingerprint density at radius 1 is 1.00 bits per heavy atom. The molecule has 0 bridgehead atoms. The zero-order chi connectivity index (χ0) is 12.2. The van der Waals surface area contributed by atoms with Gasteiger partial charge < -0.3 is 4.74 Å². The van der Waals surface area contributed by atoms with Crippen molar-refractivity contribution in [3.8, 4) is 11.1 Å². The summed E-state index contributed by atoms with van der Waals surface area (Å²) < 4.78 is 5.35. The highest BCUT2D eigenvalue weighted by Crippen LogP contribution is 2.26. The van der Waals surface area contributed by atoms with Gasteiger partial charge >= 0.3 is 0 Å². The molecule has 90 valence electrons. The second-order valence-electron chi connectivity index (χ2n) is 4.38. The minimum absolute atomic E-state index is 0.729. The third-order valence-corrected chi connectivity index (χ3v) is 3.19. The van der Waals surface area contributed by atoms with Crippen molar-refractivity contribution >= 4 is 5.57 Å². The second-order valence-corrected chi connectivity index (χ2v) is 4.38. The van der Waals surface area contributed by atoms with Gasteiger partial charge in [0.25, 0.3) is 0 Å². The van der Waals surface area contributed by atoms with E-state index < -0.39 is 0 Å². The lowest BCUT2D eigenvalue weighted by molar-refractivity contribution is 0.161. The molecule has 2 heterocycles. The Morgan fingerprint density at radius 2 is 1.89 bits per heavy atom. The number of benzene rings is 1. The van der Waals surface area contributed by atoms with Gasteiger partial charge in [0.15, 0.2) is 0 Å². The van der Waals surface area contributed by atoms with Gasteiger partial charge in [-0.1, -0.05) is 30.3 Å². The number of hydrogen-bond acceptors (Lipinski definition) is 2. The van der Waals surface area contributed by atoms with Crippen molar-refractivity contribution in [2.75, 3.05) is 13.2 Å². The molecule has 2 aromatic rings. The molecule has 2 nitrogen and oxygen atoms in total. The zero-order valence-electron chi connectivity index (χ0n) is 10.2. The van der Waals surface area contributed by atoms with Crippen LogP contribution in [0.5, 0.6) is 0 Å². The molecule has 1 aliphatic heterocycles. The van der Waals surface area contributed by atoms with Gasteiger partial charge in [-0.3, -0.25) is 4.98 Å². The summed E-state index contributed by atoms with van der Waals surface area (Å²) in [6.07, 6.45) is 6.87. The van der Waals surface area contributed by atoms with Crippen LogP contribution in [0.1, 0.15) is 12.0 Å². The van der Waals surface area contributed by atoms with Crippen LogP contribution in [0.2, 0.25) is 0 Å². The molecule has 0 saturated heterocycles. The molecule has 0 amide bonds. The predicted octanol–water partition coefficient (Wildman–Crippen LogP) is 3.55. The van der Waals surface area contributed by atoms with Gasteiger partial charge in [0.05, 0.1) is 13.2 Å². The molecule has 0 fully saturated rings. The van der Waals surface area contributed by atoms with Crippen LogP contribution < -0.4 is 0 Å². The van der Waals surface area contributed by atoms with Gasteiger partial charge in [-0.05, 0) is 35.3 Å². The first-order valence-corrected chi connectivity index (χ1v) is 6.21. The van der Waals surface area contributed by atoms with E-state index in [0.29, 0.717) is 0 Å². The van der Waals surface area contributed by atoms with E-state index in [2.05, 4.69) is 41.4 Å². The Hall–Kier alpha value is -1.93. The summed E-state index contributed by atoms with van der Waals surface area (Å²) in [5.41, 5.74) is 5.05. The van der Waals surface area contributed by atoms with Crippen molar-refractivity contribution in [3.05, 3.63) is 60.4 Å². The summed E-state index contributed by atoms with van der Waals surface area (Å²) in [4.78, 5) is 4.17. The van der Waals surface area contributed by atoms with Gasteiger partial charge in [-0.2, -0.15) is 0 Å². The molecule has 2 heteroatoms. The SMILES string of the molecule is C1=C(c2cccc(-c3cccnc3)c2)CCOC1. The summed E-state index contributed by atoms with van der Waals surface area (Å²) in [6, 6.07) is 12.7. The highest BCUT2D eigenvalue weighted by atomic mass is 16.5. The molecular formula is C16H15NO.